The van der Waals surface area contributed by atoms with E-state index in [0.29, 0.717) is 31.0 Å². The summed E-state index contributed by atoms with van der Waals surface area (Å²) < 4.78 is 32.2. The summed E-state index contributed by atoms with van der Waals surface area (Å²) in [5.41, 5.74) is 2.47. The van der Waals surface area contributed by atoms with Crippen molar-refractivity contribution in [2.75, 3.05) is 20.7 Å². The van der Waals surface area contributed by atoms with Gasteiger partial charge in [0.2, 0.25) is 0 Å². The van der Waals surface area contributed by atoms with E-state index in [0.717, 1.165) is 29.0 Å². The molecule has 0 amide bonds. The number of hydrogen-bond acceptors (Lipinski definition) is 2. The van der Waals surface area contributed by atoms with Crippen molar-refractivity contribution >= 4 is 29.9 Å². The van der Waals surface area contributed by atoms with Crippen molar-refractivity contribution in [3.8, 4) is 5.75 Å². The number of methoxy groups -OCH3 is 1. The molecule has 2 aromatic rings. The maximum absolute atomic E-state index is 13.6. The van der Waals surface area contributed by atoms with Gasteiger partial charge in [0.15, 0.2) is 5.96 Å². The van der Waals surface area contributed by atoms with Crippen molar-refractivity contribution in [2.45, 2.75) is 19.9 Å². The summed E-state index contributed by atoms with van der Waals surface area (Å²) in [5, 5.41) is 6.28. The second-order valence-corrected chi connectivity index (χ2v) is 5.65. The lowest BCUT2D eigenvalue weighted by Gasteiger charge is -2.14. The molecule has 7 heteroatoms. The first-order valence-corrected chi connectivity index (χ1v) is 8.05. The summed E-state index contributed by atoms with van der Waals surface area (Å²) in [4.78, 5) is 4.13. The molecular weight excluding hydrogens is 451 g/mol. The van der Waals surface area contributed by atoms with Gasteiger partial charge in [-0.25, -0.2) is 8.78 Å². The van der Waals surface area contributed by atoms with Gasteiger partial charge in [0, 0.05) is 25.7 Å². The van der Waals surface area contributed by atoms with Crippen molar-refractivity contribution in [1.82, 2.24) is 10.6 Å². The number of rotatable bonds is 6. The topological polar surface area (TPSA) is 45.7 Å². The number of hydrogen-bond donors (Lipinski definition) is 2. The lowest BCUT2D eigenvalue weighted by molar-refractivity contribution is 0.408. The van der Waals surface area contributed by atoms with Gasteiger partial charge in [-0.1, -0.05) is 12.1 Å². The lowest BCUT2D eigenvalue weighted by Crippen LogP contribution is -2.38. The molecule has 2 aromatic carbocycles. The molecule has 0 heterocycles. The van der Waals surface area contributed by atoms with Crippen LogP contribution in [0.1, 0.15) is 16.7 Å². The Morgan fingerprint density at radius 2 is 1.85 bits per heavy atom. The summed E-state index contributed by atoms with van der Waals surface area (Å²) in [6.45, 7) is 2.98. The average Bonchev–Trinajstić information content (AvgIpc) is 2.61. The molecule has 0 aromatic heterocycles. The first kappa shape index (κ1) is 22.1. The highest BCUT2D eigenvalue weighted by molar-refractivity contribution is 14.0. The number of guanidine groups is 1. The summed E-state index contributed by atoms with van der Waals surface area (Å²) >= 11 is 0. The third-order valence-corrected chi connectivity index (χ3v) is 3.81. The highest BCUT2D eigenvalue weighted by Gasteiger charge is 2.06. The van der Waals surface area contributed by atoms with Crippen LogP contribution in [0, 0.1) is 18.6 Å². The molecule has 2 N–H and O–H groups in total. The normalized spacial score (nSPS) is 10.9. The van der Waals surface area contributed by atoms with Gasteiger partial charge in [-0.05, 0) is 48.7 Å². The Morgan fingerprint density at radius 1 is 1.08 bits per heavy atom. The van der Waals surface area contributed by atoms with Crippen LogP contribution in [0.3, 0.4) is 0 Å². The van der Waals surface area contributed by atoms with Crippen molar-refractivity contribution < 1.29 is 13.5 Å². The van der Waals surface area contributed by atoms with Gasteiger partial charge in [-0.15, -0.1) is 24.0 Å². The summed E-state index contributed by atoms with van der Waals surface area (Å²) in [7, 11) is 3.29. The van der Waals surface area contributed by atoms with Crippen LogP contribution in [-0.4, -0.2) is 26.7 Å². The smallest absolute Gasteiger partial charge is 0.191 e. The minimum atomic E-state index is -0.439. The van der Waals surface area contributed by atoms with Gasteiger partial charge in [-0.2, -0.15) is 0 Å². The minimum Gasteiger partial charge on any atom is -0.496 e. The number of ether oxygens (including phenoxy) is 1. The summed E-state index contributed by atoms with van der Waals surface area (Å²) in [5.74, 6) is 0.546. The molecule has 0 saturated carbocycles. The number of aryl methyl sites for hydroxylation is 1. The predicted octanol–water partition coefficient (Wildman–Crippen LogP) is 3.81. The molecule has 0 aliphatic rings. The van der Waals surface area contributed by atoms with Gasteiger partial charge in [0.25, 0.3) is 0 Å². The SMILES string of the molecule is CN=C(NCCc1cc(F)ccc1F)NCc1ccc(C)cc1OC.I. The highest BCUT2D eigenvalue weighted by atomic mass is 127. The molecule has 0 atom stereocenters. The largest absolute Gasteiger partial charge is 0.496 e. The standard InChI is InChI=1S/C19H23F2N3O.HI/c1-13-4-5-15(18(10-13)25-3)12-24-19(22-2)23-9-8-14-11-16(20)6-7-17(14)21;/h4-7,10-11H,8-9,12H2,1-3H3,(H2,22,23,24);1H. The van der Waals surface area contributed by atoms with Crippen molar-refractivity contribution in [3.63, 3.8) is 0 Å². The van der Waals surface area contributed by atoms with E-state index in [1.54, 1.807) is 14.2 Å². The zero-order valence-electron chi connectivity index (χ0n) is 15.1. The monoisotopic (exact) mass is 475 g/mol. The fourth-order valence-electron chi connectivity index (χ4n) is 2.45. The third kappa shape index (κ3) is 6.44. The fraction of sp³-hybridized carbons (Fsp3) is 0.316. The molecule has 0 aliphatic carbocycles. The minimum absolute atomic E-state index is 0. The van der Waals surface area contributed by atoms with E-state index in [-0.39, 0.29) is 24.0 Å². The first-order valence-electron chi connectivity index (χ1n) is 8.05. The van der Waals surface area contributed by atoms with Crippen LogP contribution in [0.4, 0.5) is 8.78 Å². The van der Waals surface area contributed by atoms with Crippen molar-refractivity contribution in [2.24, 2.45) is 4.99 Å². The maximum atomic E-state index is 13.6. The second-order valence-electron chi connectivity index (χ2n) is 5.65. The summed E-state index contributed by atoms with van der Waals surface area (Å²) in [6.07, 6.45) is 0.359. The van der Waals surface area contributed by atoms with Crippen LogP contribution in [-0.2, 0) is 13.0 Å². The Morgan fingerprint density at radius 3 is 2.54 bits per heavy atom. The molecule has 0 saturated heterocycles. The molecule has 2 rings (SSSR count). The zero-order chi connectivity index (χ0) is 18.2. The lowest BCUT2D eigenvalue weighted by atomic mass is 10.1. The third-order valence-electron chi connectivity index (χ3n) is 3.81. The van der Waals surface area contributed by atoms with E-state index in [2.05, 4.69) is 15.6 Å². The van der Waals surface area contributed by atoms with Crippen LogP contribution in [0.5, 0.6) is 5.75 Å². The molecule has 26 heavy (non-hydrogen) atoms. The van der Waals surface area contributed by atoms with Crippen LogP contribution >= 0.6 is 24.0 Å². The van der Waals surface area contributed by atoms with E-state index in [1.807, 2.05) is 25.1 Å². The number of aliphatic imine (C=N–C) groups is 1. The molecule has 0 aliphatic heterocycles. The molecule has 142 valence electrons. The van der Waals surface area contributed by atoms with Gasteiger partial charge in [0.1, 0.15) is 17.4 Å². The van der Waals surface area contributed by atoms with Crippen LogP contribution in [0.2, 0.25) is 0 Å². The van der Waals surface area contributed by atoms with Gasteiger partial charge < -0.3 is 15.4 Å². The van der Waals surface area contributed by atoms with Gasteiger partial charge in [0.05, 0.1) is 7.11 Å². The molecule has 0 radical (unpaired) electrons. The Balaban J connectivity index is 0.00000338. The number of nitrogens with zero attached hydrogens (tertiary/aromatic N) is 1. The van der Waals surface area contributed by atoms with E-state index >= 15 is 0 Å². The number of nitrogens with one attached hydrogen (secondary N) is 2. The second kappa shape index (κ2) is 10.9. The molecule has 0 unspecified atom stereocenters. The van der Waals surface area contributed by atoms with E-state index in [9.17, 15) is 8.78 Å². The molecule has 0 spiro atoms. The summed E-state index contributed by atoms with van der Waals surface area (Å²) in [6, 6.07) is 9.45. The Kier molecular flexibility index (Phi) is 9.32. The van der Waals surface area contributed by atoms with Crippen LogP contribution in [0.25, 0.3) is 0 Å². The molecule has 0 fully saturated rings. The molecule has 0 bridgehead atoms. The predicted molar refractivity (Wildman–Crippen MR) is 111 cm³/mol. The van der Waals surface area contributed by atoms with Crippen molar-refractivity contribution in [1.29, 1.82) is 0 Å². The average molecular weight is 475 g/mol. The molecule has 4 nitrogen and oxygen atoms in total. The number of halogens is 3. The fourth-order valence-corrected chi connectivity index (χ4v) is 2.45. The Bertz CT molecular complexity index is 754. The first-order chi connectivity index (χ1) is 12.0. The Hall–Kier alpha value is -1.90. The molecular formula is C19H24F2IN3O. The zero-order valence-corrected chi connectivity index (χ0v) is 17.4. The van der Waals surface area contributed by atoms with E-state index in [1.165, 1.54) is 6.07 Å². The van der Waals surface area contributed by atoms with Gasteiger partial charge >= 0.3 is 0 Å². The van der Waals surface area contributed by atoms with Crippen molar-refractivity contribution in [3.05, 3.63) is 64.7 Å². The van der Waals surface area contributed by atoms with Crippen LogP contribution < -0.4 is 15.4 Å². The Labute approximate surface area is 170 Å². The van der Waals surface area contributed by atoms with E-state index < -0.39 is 11.6 Å². The highest BCUT2D eigenvalue weighted by Crippen LogP contribution is 2.19. The van der Waals surface area contributed by atoms with E-state index in [4.69, 9.17) is 4.74 Å². The number of benzene rings is 2. The quantitative estimate of drug-likeness (QED) is 0.380. The van der Waals surface area contributed by atoms with Gasteiger partial charge in [-0.3, -0.25) is 4.99 Å². The van der Waals surface area contributed by atoms with Crippen LogP contribution in [0.15, 0.2) is 41.4 Å². The maximum Gasteiger partial charge on any atom is 0.191 e.